The molecule has 0 fully saturated rings. The van der Waals surface area contributed by atoms with Gasteiger partial charge in [0.25, 0.3) is 0 Å². The van der Waals surface area contributed by atoms with Crippen LogP contribution in [0.4, 0.5) is 0 Å². The fraction of sp³-hybridized carbons (Fsp3) is 0.875. The van der Waals surface area contributed by atoms with E-state index in [1.165, 1.54) is 7.11 Å². The summed E-state index contributed by atoms with van der Waals surface area (Å²) in [4.78, 5) is 10.6. The molecule has 0 aliphatic carbocycles. The largest absolute Gasteiger partial charge is 0.785 e. The summed E-state index contributed by atoms with van der Waals surface area (Å²) in [5, 5.41) is 11.9. The summed E-state index contributed by atoms with van der Waals surface area (Å²) in [7, 11) is 1.35. The third-order valence-electron chi connectivity index (χ3n) is 1.56. The fourth-order valence-electron chi connectivity index (χ4n) is 0.739. The average molecular weight is 174 g/mol. The molecule has 0 N–H and O–H groups in total. The Kier molecular flexibility index (Phi) is 5.66. The maximum absolute atomic E-state index is 11.0. The lowest BCUT2D eigenvalue weighted by molar-refractivity contribution is -0.140. The zero-order chi connectivity index (χ0) is 9.56. The lowest BCUT2D eigenvalue weighted by Crippen LogP contribution is -2.25. The third kappa shape index (κ3) is 5.09. The predicted molar refractivity (Wildman–Crippen MR) is 46.5 cm³/mol. The molecule has 0 heterocycles. The van der Waals surface area contributed by atoms with Crippen LogP contribution in [-0.2, 0) is 9.53 Å². The van der Waals surface area contributed by atoms with Crippen molar-refractivity contribution in [3.63, 3.8) is 0 Å². The molecule has 0 amide bonds. The van der Waals surface area contributed by atoms with E-state index in [-0.39, 0.29) is 12.0 Å². The summed E-state index contributed by atoms with van der Waals surface area (Å²) < 4.78 is 4.43. The van der Waals surface area contributed by atoms with Crippen LogP contribution in [0, 0.1) is 5.21 Å². The zero-order valence-electron chi connectivity index (χ0n) is 7.87. The smallest absolute Gasteiger partial charge is 0.305 e. The van der Waals surface area contributed by atoms with Crippen molar-refractivity contribution >= 4 is 5.97 Å². The standard InChI is InChI=1S/C8H16NO3/c1-7(2)9(11)6-4-5-8(10)12-3/h7H,4-6H2,1-3H3/q-1. The van der Waals surface area contributed by atoms with E-state index < -0.39 is 0 Å². The van der Waals surface area contributed by atoms with Crippen molar-refractivity contribution in [2.45, 2.75) is 32.7 Å². The molecule has 0 aromatic carbocycles. The van der Waals surface area contributed by atoms with Gasteiger partial charge < -0.3 is 15.0 Å². The molecule has 0 aliphatic heterocycles. The second-order valence-electron chi connectivity index (χ2n) is 2.91. The highest BCUT2D eigenvalue weighted by Crippen LogP contribution is 1.99. The summed E-state index contributed by atoms with van der Waals surface area (Å²) >= 11 is 0. The Labute approximate surface area is 73.1 Å². The topological polar surface area (TPSA) is 52.6 Å². The minimum Gasteiger partial charge on any atom is -0.785 e. The Morgan fingerprint density at radius 3 is 2.58 bits per heavy atom. The van der Waals surface area contributed by atoms with Crippen LogP contribution in [0.3, 0.4) is 0 Å². The van der Waals surface area contributed by atoms with E-state index in [1.807, 2.05) is 13.8 Å². The van der Waals surface area contributed by atoms with E-state index in [9.17, 15) is 10.0 Å². The molecule has 0 spiro atoms. The fourth-order valence-corrected chi connectivity index (χ4v) is 0.739. The molecule has 0 radical (unpaired) electrons. The molecule has 0 saturated carbocycles. The van der Waals surface area contributed by atoms with Crippen molar-refractivity contribution in [2.75, 3.05) is 13.7 Å². The predicted octanol–water partition coefficient (Wildman–Crippen LogP) is 1.15. The first kappa shape index (κ1) is 11.4. The van der Waals surface area contributed by atoms with Crippen molar-refractivity contribution in [1.29, 1.82) is 0 Å². The highest BCUT2D eigenvalue weighted by molar-refractivity contribution is 5.69. The van der Waals surface area contributed by atoms with Gasteiger partial charge in [-0.15, -0.1) is 0 Å². The van der Waals surface area contributed by atoms with Crippen LogP contribution < -0.4 is 0 Å². The lowest BCUT2D eigenvalue weighted by Gasteiger charge is -2.32. The van der Waals surface area contributed by atoms with Crippen molar-refractivity contribution in [2.24, 2.45) is 0 Å². The van der Waals surface area contributed by atoms with Gasteiger partial charge in [-0.2, -0.15) is 0 Å². The summed E-state index contributed by atoms with van der Waals surface area (Å²) in [5.41, 5.74) is 0. The van der Waals surface area contributed by atoms with Crippen LogP contribution in [-0.4, -0.2) is 30.7 Å². The van der Waals surface area contributed by atoms with Crippen molar-refractivity contribution in [3.05, 3.63) is 5.21 Å². The third-order valence-corrected chi connectivity index (χ3v) is 1.56. The highest BCUT2D eigenvalue weighted by Gasteiger charge is 2.01. The number of hydroxylamine groups is 2. The van der Waals surface area contributed by atoms with Gasteiger partial charge in [-0.3, -0.25) is 4.79 Å². The molecule has 0 atom stereocenters. The van der Waals surface area contributed by atoms with E-state index >= 15 is 0 Å². The Morgan fingerprint density at radius 2 is 2.17 bits per heavy atom. The molecule has 0 saturated heterocycles. The van der Waals surface area contributed by atoms with Gasteiger partial charge in [0.1, 0.15) is 0 Å². The van der Waals surface area contributed by atoms with Gasteiger partial charge in [0, 0.05) is 6.42 Å². The summed E-state index contributed by atoms with van der Waals surface area (Å²) in [5.74, 6) is -0.257. The summed E-state index contributed by atoms with van der Waals surface area (Å²) in [6.45, 7) is 4.04. The number of hydrogen-bond acceptors (Lipinski definition) is 4. The Bertz CT molecular complexity index is 136. The second kappa shape index (κ2) is 5.97. The lowest BCUT2D eigenvalue weighted by atomic mass is 10.3. The van der Waals surface area contributed by atoms with Crippen LogP contribution in [0.5, 0.6) is 0 Å². The number of ether oxygens (including phenoxy) is 1. The number of carbonyl (C=O) groups excluding carboxylic acids is 1. The van der Waals surface area contributed by atoms with Gasteiger partial charge in [-0.1, -0.05) is 13.8 Å². The van der Waals surface area contributed by atoms with Gasteiger partial charge in [-0.05, 0) is 19.0 Å². The number of carbonyl (C=O) groups is 1. The highest BCUT2D eigenvalue weighted by atomic mass is 16.5. The maximum Gasteiger partial charge on any atom is 0.305 e. The monoisotopic (exact) mass is 174 g/mol. The Hall–Kier alpha value is -0.610. The van der Waals surface area contributed by atoms with Gasteiger partial charge in [0.05, 0.1) is 7.11 Å². The molecular weight excluding hydrogens is 158 g/mol. The van der Waals surface area contributed by atoms with Crippen molar-refractivity contribution in [1.82, 2.24) is 5.06 Å². The average Bonchev–Trinajstić information content (AvgIpc) is 2.03. The summed E-state index contributed by atoms with van der Waals surface area (Å²) in [6, 6.07) is -0.0114. The zero-order valence-corrected chi connectivity index (χ0v) is 7.87. The van der Waals surface area contributed by atoms with Crippen molar-refractivity contribution in [3.8, 4) is 0 Å². The summed E-state index contributed by atoms with van der Waals surface area (Å²) in [6.07, 6.45) is 0.885. The number of nitrogens with zero attached hydrogens (tertiary/aromatic N) is 1. The number of hydrogen-bond donors (Lipinski definition) is 0. The Balaban J connectivity index is 3.37. The number of esters is 1. The molecule has 0 rings (SSSR count). The van der Waals surface area contributed by atoms with Gasteiger partial charge in [0.15, 0.2) is 0 Å². The first-order valence-corrected chi connectivity index (χ1v) is 4.08. The molecule has 72 valence electrons. The maximum atomic E-state index is 11.0. The molecule has 0 aliphatic rings. The quantitative estimate of drug-likeness (QED) is 0.463. The van der Waals surface area contributed by atoms with Crippen LogP contribution in [0.15, 0.2) is 0 Å². The second-order valence-corrected chi connectivity index (χ2v) is 2.91. The minimum atomic E-state index is -0.257. The number of methoxy groups -OCH3 is 1. The molecule has 0 aromatic heterocycles. The molecule has 12 heavy (non-hydrogen) atoms. The van der Waals surface area contributed by atoms with E-state index in [1.54, 1.807) is 0 Å². The molecular formula is C8H16NO3-. The van der Waals surface area contributed by atoms with Gasteiger partial charge >= 0.3 is 5.97 Å². The van der Waals surface area contributed by atoms with Crippen LogP contribution in [0.1, 0.15) is 26.7 Å². The van der Waals surface area contributed by atoms with Crippen molar-refractivity contribution < 1.29 is 9.53 Å². The minimum absolute atomic E-state index is 0.0114. The molecule has 4 heteroatoms. The Morgan fingerprint density at radius 1 is 1.58 bits per heavy atom. The molecule has 0 aromatic rings. The van der Waals surface area contributed by atoms with E-state index in [4.69, 9.17) is 0 Å². The van der Waals surface area contributed by atoms with Crippen LogP contribution in [0.25, 0.3) is 0 Å². The van der Waals surface area contributed by atoms with Crippen LogP contribution in [0.2, 0.25) is 0 Å². The van der Waals surface area contributed by atoms with E-state index in [0.29, 0.717) is 19.4 Å². The normalized spacial score (nSPS) is 10.8. The van der Waals surface area contributed by atoms with E-state index in [2.05, 4.69) is 4.74 Å². The SMILES string of the molecule is COC(=O)CCCN([O-])C(C)C. The first-order chi connectivity index (χ1) is 5.57. The molecule has 0 unspecified atom stereocenters. The first-order valence-electron chi connectivity index (χ1n) is 4.08. The molecule has 0 bridgehead atoms. The van der Waals surface area contributed by atoms with Gasteiger partial charge in [-0.25, -0.2) is 0 Å². The number of rotatable bonds is 5. The molecule has 4 nitrogen and oxygen atoms in total. The van der Waals surface area contributed by atoms with E-state index in [0.717, 1.165) is 5.06 Å². The van der Waals surface area contributed by atoms with Gasteiger partial charge in [0.2, 0.25) is 0 Å². The van der Waals surface area contributed by atoms with Crippen LogP contribution >= 0.6 is 0 Å².